The van der Waals surface area contributed by atoms with Crippen molar-refractivity contribution < 1.29 is 33.1 Å². The lowest BCUT2D eigenvalue weighted by molar-refractivity contribution is -0.0471. The van der Waals surface area contributed by atoms with E-state index in [1.165, 1.54) is 19.2 Å². The molecule has 130 valence electrons. The number of alkyl halides is 1. The summed E-state index contributed by atoms with van der Waals surface area (Å²) in [6.07, 6.45) is -4.12. The van der Waals surface area contributed by atoms with E-state index in [9.17, 15) is 18.9 Å². The topological polar surface area (TPSA) is 131 Å². The fourth-order valence-corrected chi connectivity index (χ4v) is 2.89. The van der Waals surface area contributed by atoms with Crippen LogP contribution in [0.5, 0.6) is 0 Å². The molecule has 9 nitrogen and oxygen atoms in total. The largest absolute Gasteiger partial charge is 0.469 e. The van der Waals surface area contributed by atoms with Crippen LogP contribution in [-0.4, -0.2) is 49.4 Å². The average molecular weight is 352 g/mol. The predicted octanol–water partition coefficient (Wildman–Crippen LogP) is -0.106. The molecule has 1 aliphatic heterocycles. The third-order valence-corrected chi connectivity index (χ3v) is 4.08. The number of aromatic nitrogens is 2. The van der Waals surface area contributed by atoms with Crippen LogP contribution in [0.25, 0.3) is 0 Å². The van der Waals surface area contributed by atoms with Crippen molar-refractivity contribution in [2.45, 2.75) is 38.5 Å². The van der Waals surface area contributed by atoms with E-state index >= 15 is 0 Å². The first-order chi connectivity index (χ1) is 10.6. The Morgan fingerprint density at radius 2 is 2.22 bits per heavy atom. The summed E-state index contributed by atoms with van der Waals surface area (Å²) in [6.45, 7) is 2.30. The van der Waals surface area contributed by atoms with E-state index < -0.39 is 50.6 Å². The van der Waals surface area contributed by atoms with Crippen LogP contribution in [0.1, 0.15) is 18.8 Å². The van der Waals surface area contributed by atoms with Gasteiger partial charge in [-0.2, -0.15) is 4.98 Å². The normalized spacial score (nSPS) is 29.7. The quantitative estimate of drug-likeness (QED) is 0.626. The minimum Gasteiger partial charge on any atom is -0.393 e. The van der Waals surface area contributed by atoms with E-state index in [-0.39, 0.29) is 0 Å². The summed E-state index contributed by atoms with van der Waals surface area (Å²) >= 11 is 0. The Morgan fingerprint density at radius 1 is 1.57 bits per heavy atom. The zero-order valence-electron chi connectivity index (χ0n) is 12.4. The maximum atomic E-state index is 14.6. The molecule has 0 saturated carbocycles. The van der Waals surface area contributed by atoms with Gasteiger partial charge in [-0.15, -0.1) is 0 Å². The number of nitrogens with zero attached hydrogens (tertiary/aromatic N) is 2. The molecule has 0 radical (unpaired) electrons. The lowest BCUT2D eigenvalue weighted by Gasteiger charge is -2.21. The van der Waals surface area contributed by atoms with Gasteiger partial charge >= 0.3 is 13.5 Å². The van der Waals surface area contributed by atoms with Gasteiger partial charge in [-0.05, 0) is 19.9 Å². The number of hydrogen-bond donors (Lipinski definition) is 3. The lowest BCUT2D eigenvalue weighted by Crippen LogP contribution is -2.35. The fourth-order valence-electron chi connectivity index (χ4n) is 2.55. The summed E-state index contributed by atoms with van der Waals surface area (Å²) in [5, 5.41) is 9.73. The van der Waals surface area contributed by atoms with Crippen molar-refractivity contribution >= 4 is 7.82 Å². The first kappa shape index (κ1) is 18.2. The molecule has 3 N–H and O–H groups in total. The van der Waals surface area contributed by atoms with Crippen molar-refractivity contribution in [2.75, 3.05) is 6.61 Å². The minimum atomic E-state index is -4.77. The summed E-state index contributed by atoms with van der Waals surface area (Å²) in [6, 6.07) is 1.49. The molecule has 0 bridgehead atoms. The van der Waals surface area contributed by atoms with E-state index in [4.69, 9.17) is 14.5 Å². The summed E-state index contributed by atoms with van der Waals surface area (Å²) in [4.78, 5) is 33.0. The Kier molecular flexibility index (Phi) is 5.34. The highest BCUT2D eigenvalue weighted by Crippen LogP contribution is 2.41. The van der Waals surface area contributed by atoms with Gasteiger partial charge in [0.25, 0.3) is 0 Å². The second-order valence-corrected chi connectivity index (χ2v) is 6.61. The smallest absolute Gasteiger partial charge is 0.393 e. The maximum Gasteiger partial charge on any atom is 0.469 e. The molecule has 1 aliphatic rings. The highest BCUT2D eigenvalue weighted by Gasteiger charge is 2.49. The van der Waals surface area contributed by atoms with Crippen LogP contribution in [0.15, 0.2) is 17.1 Å². The Bertz CT molecular complexity index is 661. The van der Waals surface area contributed by atoms with Crippen LogP contribution in [0, 0.1) is 12.8 Å². The standard InChI is InChI=1S/C12H18FN2O7P/c1-6-3-4-15(12(17)14-6)11-10(13)9(7(2)16)8(22-11)5-21-23(18,19)20/h3-4,7-11,16H,5H2,1-2H3,(H2,18,19,20). The highest BCUT2D eigenvalue weighted by molar-refractivity contribution is 7.46. The van der Waals surface area contributed by atoms with Crippen LogP contribution in [0.4, 0.5) is 4.39 Å². The van der Waals surface area contributed by atoms with Crippen LogP contribution >= 0.6 is 7.82 Å². The summed E-state index contributed by atoms with van der Waals surface area (Å²) < 4.78 is 36.0. The molecular weight excluding hydrogens is 334 g/mol. The number of aryl methyl sites for hydroxylation is 1. The fraction of sp³-hybridized carbons (Fsp3) is 0.667. The van der Waals surface area contributed by atoms with Gasteiger partial charge in [0.15, 0.2) is 12.4 Å². The molecule has 0 amide bonds. The molecular formula is C12H18FN2O7P. The zero-order valence-corrected chi connectivity index (χ0v) is 13.3. The second kappa shape index (κ2) is 6.76. The van der Waals surface area contributed by atoms with Crippen molar-refractivity contribution in [3.63, 3.8) is 0 Å². The van der Waals surface area contributed by atoms with E-state index in [1.807, 2.05) is 0 Å². The molecule has 5 unspecified atom stereocenters. The van der Waals surface area contributed by atoms with Gasteiger partial charge in [0.2, 0.25) is 0 Å². The second-order valence-electron chi connectivity index (χ2n) is 5.37. The molecule has 0 aliphatic carbocycles. The molecule has 5 atom stereocenters. The van der Waals surface area contributed by atoms with E-state index in [1.54, 1.807) is 6.92 Å². The number of phosphoric acid groups is 1. The first-order valence-corrected chi connectivity index (χ1v) is 8.36. The third-order valence-electron chi connectivity index (χ3n) is 3.59. The Labute approximate surface area is 130 Å². The summed E-state index contributed by atoms with van der Waals surface area (Å²) in [7, 11) is -4.77. The van der Waals surface area contributed by atoms with Crippen molar-refractivity contribution in [1.82, 2.24) is 9.55 Å². The maximum absolute atomic E-state index is 14.6. The minimum absolute atomic E-state index is 0.452. The highest BCUT2D eigenvalue weighted by atomic mass is 31.2. The molecule has 11 heteroatoms. The molecule has 1 aromatic rings. The number of ether oxygens (including phenoxy) is 1. The zero-order chi connectivity index (χ0) is 17.4. The van der Waals surface area contributed by atoms with Crippen LogP contribution < -0.4 is 5.69 Å². The number of hydrogen-bond acceptors (Lipinski definition) is 6. The van der Waals surface area contributed by atoms with E-state index in [0.717, 1.165) is 4.57 Å². The van der Waals surface area contributed by atoms with Crippen LogP contribution in [0.2, 0.25) is 0 Å². The van der Waals surface area contributed by atoms with E-state index in [0.29, 0.717) is 5.69 Å². The van der Waals surface area contributed by atoms with Crippen molar-refractivity contribution in [3.8, 4) is 0 Å². The molecule has 1 aromatic heterocycles. The predicted molar refractivity (Wildman–Crippen MR) is 75.2 cm³/mol. The lowest BCUT2D eigenvalue weighted by atomic mass is 9.94. The Balaban J connectivity index is 2.26. The number of phosphoric ester groups is 1. The number of aliphatic hydroxyl groups is 1. The van der Waals surface area contributed by atoms with Gasteiger partial charge in [-0.1, -0.05) is 0 Å². The third kappa shape index (κ3) is 4.23. The van der Waals surface area contributed by atoms with Gasteiger partial charge in [0, 0.05) is 17.8 Å². The van der Waals surface area contributed by atoms with Gasteiger partial charge in [-0.25, -0.2) is 13.8 Å². The molecule has 23 heavy (non-hydrogen) atoms. The summed E-state index contributed by atoms with van der Waals surface area (Å²) in [5.74, 6) is -1.11. The van der Waals surface area contributed by atoms with Gasteiger partial charge < -0.3 is 19.6 Å². The van der Waals surface area contributed by atoms with E-state index in [2.05, 4.69) is 9.51 Å². The van der Waals surface area contributed by atoms with Gasteiger partial charge in [-0.3, -0.25) is 9.09 Å². The molecule has 0 aromatic carbocycles. The Hall–Kier alpha value is -1.16. The Morgan fingerprint density at radius 3 is 2.74 bits per heavy atom. The average Bonchev–Trinajstić information content (AvgIpc) is 2.73. The molecule has 1 fully saturated rings. The van der Waals surface area contributed by atoms with Crippen LogP contribution in [0.3, 0.4) is 0 Å². The SMILES string of the molecule is Cc1ccn(C2OC(COP(=O)(O)O)C(C(C)O)C2F)c(=O)n1. The number of rotatable bonds is 5. The van der Waals surface area contributed by atoms with Crippen LogP contribution in [-0.2, 0) is 13.8 Å². The number of aliphatic hydroxyl groups excluding tert-OH is 1. The molecule has 2 rings (SSSR count). The number of halogens is 1. The van der Waals surface area contributed by atoms with Crippen molar-refractivity contribution in [1.29, 1.82) is 0 Å². The molecule has 0 spiro atoms. The molecule has 1 saturated heterocycles. The van der Waals surface area contributed by atoms with Gasteiger partial charge in [0.05, 0.1) is 18.8 Å². The van der Waals surface area contributed by atoms with Crippen molar-refractivity contribution in [2.24, 2.45) is 5.92 Å². The van der Waals surface area contributed by atoms with Crippen molar-refractivity contribution in [3.05, 3.63) is 28.4 Å². The monoisotopic (exact) mass is 352 g/mol. The first-order valence-electron chi connectivity index (χ1n) is 6.83. The summed E-state index contributed by atoms with van der Waals surface area (Å²) in [5.41, 5.74) is -0.272. The molecule has 2 heterocycles. The van der Waals surface area contributed by atoms with Gasteiger partial charge in [0.1, 0.15) is 0 Å².